The largest absolute Gasteiger partial charge is 0.302 e. The van der Waals surface area contributed by atoms with E-state index in [1.165, 1.54) is 0 Å². The lowest BCUT2D eigenvalue weighted by atomic mass is 9.88. The van der Waals surface area contributed by atoms with Crippen molar-refractivity contribution in [1.29, 1.82) is 0 Å². The first-order valence-electron chi connectivity index (χ1n) is 4.65. The molecule has 0 aliphatic carbocycles. The van der Waals surface area contributed by atoms with Gasteiger partial charge in [-0.25, -0.2) is 5.43 Å². The third kappa shape index (κ3) is 5.77. The minimum atomic E-state index is -0.160. The fourth-order valence-electron chi connectivity index (χ4n) is 0.749. The molecule has 0 aromatic rings. The van der Waals surface area contributed by atoms with E-state index >= 15 is 0 Å². The van der Waals surface area contributed by atoms with Crippen LogP contribution in [0.25, 0.3) is 0 Å². The molecular weight excluding hydrogens is 164 g/mol. The summed E-state index contributed by atoms with van der Waals surface area (Å²) in [6.45, 7) is 12.2. The highest BCUT2D eigenvalue weighted by Crippen LogP contribution is 2.17. The zero-order valence-corrected chi connectivity index (χ0v) is 9.56. The summed E-state index contributed by atoms with van der Waals surface area (Å²) in [7, 11) is 0. The predicted octanol–water partition coefficient (Wildman–Crippen LogP) is 1.49. The van der Waals surface area contributed by atoms with Crippen LogP contribution in [0.2, 0.25) is 0 Å². The van der Waals surface area contributed by atoms with E-state index in [0.717, 1.165) is 6.29 Å². The van der Waals surface area contributed by atoms with Crippen LogP contribution in [0.4, 0.5) is 0 Å². The van der Waals surface area contributed by atoms with Gasteiger partial charge in [-0.15, -0.1) is 0 Å². The van der Waals surface area contributed by atoms with Crippen molar-refractivity contribution in [3.63, 3.8) is 0 Å². The minimum Gasteiger partial charge on any atom is -0.302 e. The topological polar surface area (TPSA) is 41.1 Å². The lowest BCUT2D eigenvalue weighted by Crippen LogP contribution is -2.55. The van der Waals surface area contributed by atoms with Crippen LogP contribution in [-0.4, -0.2) is 17.9 Å². The van der Waals surface area contributed by atoms with Gasteiger partial charge < -0.3 is 4.79 Å². The van der Waals surface area contributed by atoms with Gasteiger partial charge in [-0.05, 0) is 26.2 Å². The highest BCUT2D eigenvalue weighted by Gasteiger charge is 2.24. The molecule has 0 rings (SSSR count). The second-order valence-corrected chi connectivity index (χ2v) is 5.50. The molecule has 0 aromatic heterocycles. The van der Waals surface area contributed by atoms with Gasteiger partial charge in [0.05, 0.1) is 6.04 Å². The van der Waals surface area contributed by atoms with Crippen LogP contribution in [0.15, 0.2) is 0 Å². The van der Waals surface area contributed by atoms with E-state index in [1.807, 2.05) is 41.5 Å². The quantitative estimate of drug-likeness (QED) is 0.518. The number of aldehydes is 1. The molecule has 0 aliphatic rings. The SMILES string of the molecule is CC(C)(C)NN[C@H](C=O)C(C)(C)C. The lowest BCUT2D eigenvalue weighted by molar-refractivity contribution is -0.112. The van der Waals surface area contributed by atoms with Crippen molar-refractivity contribution >= 4 is 6.29 Å². The van der Waals surface area contributed by atoms with Crippen molar-refractivity contribution in [3.05, 3.63) is 0 Å². The van der Waals surface area contributed by atoms with Crippen LogP contribution in [0, 0.1) is 5.41 Å². The van der Waals surface area contributed by atoms with Crippen LogP contribution < -0.4 is 10.9 Å². The molecule has 0 spiro atoms. The van der Waals surface area contributed by atoms with Crippen LogP contribution >= 0.6 is 0 Å². The fraction of sp³-hybridized carbons (Fsp3) is 0.900. The van der Waals surface area contributed by atoms with Crippen LogP contribution in [0.3, 0.4) is 0 Å². The third-order valence-electron chi connectivity index (χ3n) is 1.67. The van der Waals surface area contributed by atoms with Crippen molar-refractivity contribution in [1.82, 2.24) is 10.9 Å². The Morgan fingerprint density at radius 2 is 1.54 bits per heavy atom. The van der Waals surface area contributed by atoms with Gasteiger partial charge >= 0.3 is 0 Å². The average Bonchev–Trinajstić information content (AvgIpc) is 1.82. The number of hydrogen-bond donors (Lipinski definition) is 2. The molecule has 0 saturated heterocycles. The molecule has 2 N–H and O–H groups in total. The zero-order valence-electron chi connectivity index (χ0n) is 9.56. The highest BCUT2D eigenvalue weighted by molar-refractivity contribution is 5.58. The molecule has 13 heavy (non-hydrogen) atoms. The van der Waals surface area contributed by atoms with E-state index in [9.17, 15) is 4.79 Å². The molecular formula is C10H22N2O. The molecule has 0 heterocycles. The van der Waals surface area contributed by atoms with Crippen LogP contribution in [0.1, 0.15) is 41.5 Å². The summed E-state index contributed by atoms with van der Waals surface area (Å²) in [4.78, 5) is 10.8. The number of nitrogens with one attached hydrogen (secondary N) is 2. The number of rotatable bonds is 3. The smallest absolute Gasteiger partial charge is 0.138 e. The van der Waals surface area contributed by atoms with E-state index in [2.05, 4.69) is 10.9 Å². The van der Waals surface area contributed by atoms with Gasteiger partial charge in [-0.2, -0.15) is 0 Å². The number of carbonyl (C=O) groups is 1. The molecule has 0 amide bonds. The summed E-state index contributed by atoms with van der Waals surface area (Å²) in [6.07, 6.45) is 0.943. The Kier molecular flexibility index (Phi) is 4.07. The van der Waals surface area contributed by atoms with Crippen LogP contribution in [-0.2, 0) is 4.79 Å². The average molecular weight is 186 g/mol. The normalized spacial score (nSPS) is 15.5. The van der Waals surface area contributed by atoms with Crippen molar-refractivity contribution < 1.29 is 4.79 Å². The second-order valence-electron chi connectivity index (χ2n) is 5.50. The highest BCUT2D eigenvalue weighted by atomic mass is 16.1. The maximum Gasteiger partial charge on any atom is 0.138 e. The monoisotopic (exact) mass is 186 g/mol. The molecule has 0 aliphatic heterocycles. The van der Waals surface area contributed by atoms with E-state index in [0.29, 0.717) is 0 Å². The van der Waals surface area contributed by atoms with E-state index in [1.54, 1.807) is 0 Å². The Labute approximate surface area is 81.3 Å². The molecule has 0 unspecified atom stereocenters. The third-order valence-corrected chi connectivity index (χ3v) is 1.67. The molecule has 0 fully saturated rings. The van der Waals surface area contributed by atoms with Gasteiger partial charge in [0.25, 0.3) is 0 Å². The second kappa shape index (κ2) is 4.20. The van der Waals surface area contributed by atoms with Crippen LogP contribution in [0.5, 0.6) is 0 Å². The summed E-state index contributed by atoms with van der Waals surface area (Å²) in [5.74, 6) is 0. The summed E-state index contributed by atoms with van der Waals surface area (Å²) in [5.41, 5.74) is 6.05. The van der Waals surface area contributed by atoms with Crippen molar-refractivity contribution in [2.75, 3.05) is 0 Å². The maximum atomic E-state index is 10.8. The van der Waals surface area contributed by atoms with Gasteiger partial charge in [0.1, 0.15) is 6.29 Å². The molecule has 3 nitrogen and oxygen atoms in total. The first-order chi connectivity index (χ1) is 5.67. The first kappa shape index (κ1) is 12.6. The molecule has 0 aromatic carbocycles. The summed E-state index contributed by atoms with van der Waals surface area (Å²) in [6, 6.07) is -0.160. The number of hydrazine groups is 1. The zero-order chi connectivity index (χ0) is 10.7. The molecule has 78 valence electrons. The summed E-state index contributed by atoms with van der Waals surface area (Å²) < 4.78 is 0. The van der Waals surface area contributed by atoms with Gasteiger partial charge in [0.15, 0.2) is 0 Å². The lowest BCUT2D eigenvalue weighted by Gasteiger charge is -2.31. The number of hydrogen-bond acceptors (Lipinski definition) is 3. The molecule has 1 atom stereocenters. The molecule has 0 saturated carbocycles. The summed E-state index contributed by atoms with van der Waals surface area (Å²) >= 11 is 0. The van der Waals surface area contributed by atoms with E-state index in [-0.39, 0.29) is 17.0 Å². The number of carbonyl (C=O) groups excluding carboxylic acids is 1. The van der Waals surface area contributed by atoms with Gasteiger partial charge in [-0.3, -0.25) is 5.43 Å². The Hall–Kier alpha value is -0.410. The van der Waals surface area contributed by atoms with Gasteiger partial charge in [0.2, 0.25) is 0 Å². The Morgan fingerprint density at radius 1 is 1.08 bits per heavy atom. The standard InChI is InChI=1S/C10H22N2O/c1-9(2,3)8(7-13)11-12-10(4,5)6/h7-8,11-12H,1-6H3/t8-/m1/s1. The first-order valence-corrected chi connectivity index (χ1v) is 4.65. The van der Waals surface area contributed by atoms with Gasteiger partial charge in [0, 0.05) is 5.54 Å². The Balaban J connectivity index is 4.09. The minimum absolute atomic E-state index is 0.0213. The molecule has 3 heteroatoms. The van der Waals surface area contributed by atoms with Crippen molar-refractivity contribution in [2.24, 2.45) is 5.41 Å². The van der Waals surface area contributed by atoms with E-state index < -0.39 is 0 Å². The molecule has 0 radical (unpaired) electrons. The van der Waals surface area contributed by atoms with Crippen molar-refractivity contribution in [2.45, 2.75) is 53.1 Å². The Bertz CT molecular complexity index is 165. The van der Waals surface area contributed by atoms with E-state index in [4.69, 9.17) is 0 Å². The molecule has 0 bridgehead atoms. The Morgan fingerprint density at radius 3 is 1.77 bits per heavy atom. The predicted molar refractivity (Wildman–Crippen MR) is 55.3 cm³/mol. The fourth-order valence-corrected chi connectivity index (χ4v) is 0.749. The summed E-state index contributed by atoms with van der Waals surface area (Å²) in [5, 5.41) is 0. The maximum absolute atomic E-state index is 10.8. The van der Waals surface area contributed by atoms with Crippen molar-refractivity contribution in [3.8, 4) is 0 Å². The van der Waals surface area contributed by atoms with Gasteiger partial charge in [-0.1, -0.05) is 20.8 Å².